The highest BCUT2D eigenvalue weighted by Gasteiger charge is 2.57. The van der Waals surface area contributed by atoms with Gasteiger partial charge in [-0.15, -0.1) is 0 Å². The van der Waals surface area contributed by atoms with E-state index >= 15 is 0 Å². The summed E-state index contributed by atoms with van der Waals surface area (Å²) in [7, 11) is 3.18. The number of amides is 1. The number of carbonyl (C=O) groups excluding carboxylic acids is 3. The molecule has 0 saturated carbocycles. The summed E-state index contributed by atoms with van der Waals surface area (Å²) in [6.45, 7) is 3.51. The van der Waals surface area contributed by atoms with Gasteiger partial charge in [-0.1, -0.05) is 84.9 Å². The van der Waals surface area contributed by atoms with Crippen LogP contribution in [-0.2, 0) is 37.0 Å². The molecule has 47 heavy (non-hydrogen) atoms. The molecule has 0 aromatic heterocycles. The van der Waals surface area contributed by atoms with E-state index in [0.717, 1.165) is 22.3 Å². The fraction of sp³-hybridized carbons (Fsp3) is 0.289. The SMILES string of the molecule is COc1ccc(C(c2ccc(OC)cc2)N2C(=O)[C@H](C(C)OC(=O)OCc3ccccc3)[C@H]2C(C)C(=O)OCc2ccccc2)cc1. The highest BCUT2D eigenvalue weighted by atomic mass is 16.7. The van der Waals surface area contributed by atoms with Gasteiger partial charge in [-0.2, -0.15) is 0 Å². The zero-order valence-electron chi connectivity index (χ0n) is 26.9. The van der Waals surface area contributed by atoms with Crippen molar-refractivity contribution >= 4 is 18.0 Å². The molecule has 0 aliphatic carbocycles. The van der Waals surface area contributed by atoms with Crippen LogP contribution in [0.4, 0.5) is 4.79 Å². The number of nitrogens with zero attached hydrogens (tertiary/aromatic N) is 1. The molecule has 4 aromatic rings. The lowest BCUT2D eigenvalue weighted by atomic mass is 9.74. The summed E-state index contributed by atoms with van der Waals surface area (Å²) in [4.78, 5) is 42.2. The molecule has 0 radical (unpaired) electrons. The van der Waals surface area contributed by atoms with Crippen molar-refractivity contribution in [1.82, 2.24) is 4.90 Å². The maximum absolute atomic E-state index is 14.2. The van der Waals surface area contributed by atoms with Crippen LogP contribution < -0.4 is 9.47 Å². The summed E-state index contributed by atoms with van der Waals surface area (Å²) in [5.74, 6) is -0.980. The topological polar surface area (TPSA) is 101 Å². The van der Waals surface area contributed by atoms with Crippen LogP contribution in [-0.4, -0.2) is 49.3 Å². The predicted molar refractivity (Wildman–Crippen MR) is 175 cm³/mol. The van der Waals surface area contributed by atoms with Crippen LogP contribution in [0.25, 0.3) is 0 Å². The van der Waals surface area contributed by atoms with Gasteiger partial charge in [-0.25, -0.2) is 4.79 Å². The molecule has 1 fully saturated rings. The van der Waals surface area contributed by atoms with Gasteiger partial charge in [0.05, 0.1) is 38.1 Å². The van der Waals surface area contributed by atoms with Crippen LogP contribution in [0.15, 0.2) is 109 Å². The molecule has 9 heteroatoms. The van der Waals surface area contributed by atoms with Crippen LogP contribution in [0, 0.1) is 11.8 Å². The van der Waals surface area contributed by atoms with Gasteiger partial charge < -0.3 is 28.6 Å². The minimum absolute atomic E-state index is 0.0276. The number of carbonyl (C=O) groups is 3. The molecule has 1 aliphatic rings. The first-order valence-electron chi connectivity index (χ1n) is 15.5. The van der Waals surface area contributed by atoms with Crippen molar-refractivity contribution in [3.05, 3.63) is 131 Å². The van der Waals surface area contributed by atoms with Crippen LogP contribution in [0.3, 0.4) is 0 Å². The fourth-order valence-corrected chi connectivity index (χ4v) is 5.95. The van der Waals surface area contributed by atoms with E-state index in [9.17, 15) is 14.4 Å². The Morgan fingerprint density at radius 3 is 1.62 bits per heavy atom. The van der Waals surface area contributed by atoms with Gasteiger partial charge in [0.25, 0.3) is 0 Å². The number of likely N-dealkylation sites (tertiary alicyclic amines) is 1. The van der Waals surface area contributed by atoms with Crippen molar-refractivity contribution in [1.29, 1.82) is 0 Å². The summed E-state index contributed by atoms with van der Waals surface area (Å²) in [5.41, 5.74) is 3.28. The number of ether oxygens (including phenoxy) is 5. The molecule has 9 nitrogen and oxygen atoms in total. The summed E-state index contributed by atoms with van der Waals surface area (Å²) >= 11 is 0. The number of β-lactam (4-membered cyclic amide) rings is 1. The lowest BCUT2D eigenvalue weighted by Gasteiger charge is -2.54. The largest absolute Gasteiger partial charge is 0.508 e. The molecule has 1 heterocycles. The molecule has 1 saturated heterocycles. The first-order valence-corrected chi connectivity index (χ1v) is 15.5. The molecular weight excluding hydrogens is 598 g/mol. The van der Waals surface area contributed by atoms with E-state index in [-0.39, 0.29) is 19.1 Å². The normalized spacial score (nSPS) is 16.9. The lowest BCUT2D eigenvalue weighted by molar-refractivity contribution is -0.179. The van der Waals surface area contributed by atoms with Gasteiger partial charge in [0.1, 0.15) is 30.8 Å². The van der Waals surface area contributed by atoms with Crippen LogP contribution in [0.5, 0.6) is 11.5 Å². The van der Waals surface area contributed by atoms with Crippen molar-refractivity contribution in [2.45, 2.75) is 45.2 Å². The van der Waals surface area contributed by atoms with E-state index in [2.05, 4.69) is 0 Å². The average Bonchev–Trinajstić information content (AvgIpc) is 3.11. The van der Waals surface area contributed by atoms with Gasteiger partial charge in [-0.05, 0) is 60.4 Å². The van der Waals surface area contributed by atoms with E-state index in [1.807, 2.05) is 109 Å². The average molecular weight is 638 g/mol. The Balaban J connectivity index is 1.44. The summed E-state index contributed by atoms with van der Waals surface area (Å²) < 4.78 is 27.5. The Bertz CT molecular complexity index is 1580. The zero-order valence-corrected chi connectivity index (χ0v) is 26.9. The highest BCUT2D eigenvalue weighted by molar-refractivity contribution is 5.90. The van der Waals surface area contributed by atoms with E-state index in [1.54, 1.807) is 33.0 Å². The maximum atomic E-state index is 14.2. The summed E-state index contributed by atoms with van der Waals surface area (Å²) in [6.07, 6.45) is -1.78. The smallest absolute Gasteiger partial charge is 0.497 e. The number of hydrogen-bond acceptors (Lipinski definition) is 8. The molecule has 4 atom stereocenters. The highest BCUT2D eigenvalue weighted by Crippen LogP contribution is 2.45. The number of hydrogen-bond donors (Lipinski definition) is 0. The quantitative estimate of drug-likeness (QED) is 0.117. The van der Waals surface area contributed by atoms with Crippen LogP contribution >= 0.6 is 0 Å². The molecule has 4 aromatic carbocycles. The molecule has 5 rings (SSSR count). The zero-order chi connectivity index (χ0) is 33.3. The van der Waals surface area contributed by atoms with Crippen LogP contribution in [0.2, 0.25) is 0 Å². The summed E-state index contributed by atoms with van der Waals surface area (Å²) in [5, 5.41) is 0. The van der Waals surface area contributed by atoms with Crippen molar-refractivity contribution in [2.75, 3.05) is 14.2 Å². The maximum Gasteiger partial charge on any atom is 0.508 e. The first kappa shape index (κ1) is 33.1. The Hall–Kier alpha value is -5.31. The standard InChI is InChI=1S/C38H39NO8/c1-25(37(41)45-23-27-11-7-5-8-12-27)34-33(26(2)47-38(42)46-24-28-13-9-6-10-14-28)36(40)39(34)35(29-15-19-31(43-3)20-16-29)30-17-21-32(44-4)22-18-30/h5-22,25-26,33-35H,23-24H2,1-4H3/t25?,26?,33-,34-/m1/s1. The Kier molecular flexibility index (Phi) is 10.8. The van der Waals surface area contributed by atoms with Gasteiger partial charge in [-0.3, -0.25) is 9.59 Å². The molecule has 244 valence electrons. The van der Waals surface area contributed by atoms with E-state index < -0.39 is 42.1 Å². The minimum atomic E-state index is -0.896. The van der Waals surface area contributed by atoms with Crippen molar-refractivity contribution < 1.29 is 38.1 Å². The number of methoxy groups -OCH3 is 2. The minimum Gasteiger partial charge on any atom is -0.497 e. The van der Waals surface area contributed by atoms with Gasteiger partial charge >= 0.3 is 12.1 Å². The van der Waals surface area contributed by atoms with E-state index in [1.165, 1.54) is 0 Å². The first-order chi connectivity index (χ1) is 22.8. The second kappa shape index (κ2) is 15.3. The molecule has 2 unspecified atom stereocenters. The lowest BCUT2D eigenvalue weighted by Crippen LogP contribution is -2.68. The number of rotatable bonds is 13. The van der Waals surface area contributed by atoms with E-state index in [4.69, 9.17) is 23.7 Å². The third kappa shape index (κ3) is 7.74. The Morgan fingerprint density at radius 1 is 0.681 bits per heavy atom. The van der Waals surface area contributed by atoms with Crippen molar-refractivity contribution in [3.8, 4) is 11.5 Å². The molecule has 1 amide bonds. The molecule has 0 spiro atoms. The van der Waals surface area contributed by atoms with Gasteiger partial charge in [0.2, 0.25) is 5.91 Å². The van der Waals surface area contributed by atoms with Crippen molar-refractivity contribution in [2.24, 2.45) is 11.8 Å². The number of esters is 1. The second-order valence-corrected chi connectivity index (χ2v) is 11.4. The Morgan fingerprint density at radius 2 is 1.15 bits per heavy atom. The molecular formula is C38H39NO8. The summed E-state index contributed by atoms with van der Waals surface area (Å²) in [6, 6.07) is 32.3. The molecule has 0 bridgehead atoms. The fourth-order valence-electron chi connectivity index (χ4n) is 5.95. The molecule has 0 N–H and O–H groups in total. The van der Waals surface area contributed by atoms with Gasteiger partial charge in [0.15, 0.2) is 0 Å². The predicted octanol–water partition coefficient (Wildman–Crippen LogP) is 6.74. The second-order valence-electron chi connectivity index (χ2n) is 11.4. The number of benzene rings is 4. The monoisotopic (exact) mass is 637 g/mol. The van der Waals surface area contributed by atoms with Crippen LogP contribution in [0.1, 0.15) is 42.1 Å². The Labute approximate surface area is 275 Å². The van der Waals surface area contributed by atoms with Crippen molar-refractivity contribution in [3.63, 3.8) is 0 Å². The third-order valence-corrected chi connectivity index (χ3v) is 8.47. The third-order valence-electron chi connectivity index (χ3n) is 8.47. The molecule has 1 aliphatic heterocycles. The van der Waals surface area contributed by atoms with Gasteiger partial charge in [0, 0.05) is 0 Å². The van der Waals surface area contributed by atoms with E-state index in [0.29, 0.717) is 11.5 Å².